The number of rotatable bonds is 6. The lowest BCUT2D eigenvalue weighted by Gasteiger charge is -2.14. The smallest absolute Gasteiger partial charge is 0.318 e. The Kier molecular flexibility index (Phi) is 5.27. The number of esters is 1. The van der Waals surface area contributed by atoms with E-state index in [1.54, 1.807) is 14.0 Å². The van der Waals surface area contributed by atoms with Gasteiger partial charge in [0, 0.05) is 7.11 Å². The Morgan fingerprint density at radius 2 is 2.06 bits per heavy atom. The highest BCUT2D eigenvalue weighted by Crippen LogP contribution is 2.25. The lowest BCUT2D eigenvalue weighted by atomic mass is 9.96. The molecule has 1 aromatic heterocycles. The van der Waals surface area contributed by atoms with Gasteiger partial charge in [0.25, 0.3) is 0 Å². The first-order valence-corrected chi connectivity index (χ1v) is 6.04. The molecule has 1 aromatic rings. The highest BCUT2D eigenvalue weighted by molar-refractivity contribution is 5.77. The van der Waals surface area contributed by atoms with Crippen molar-refractivity contribution in [2.24, 2.45) is 5.92 Å². The van der Waals surface area contributed by atoms with E-state index in [9.17, 15) is 4.79 Å². The Morgan fingerprint density at radius 1 is 1.39 bits per heavy atom. The molecule has 0 aliphatic carbocycles. The SMILES string of the molecule is CCOC(=O)C(c1nc(C(C)OC)no1)C(C)C. The molecule has 0 aliphatic heterocycles. The van der Waals surface area contributed by atoms with Crippen LogP contribution in [0, 0.1) is 5.92 Å². The number of methoxy groups -OCH3 is 1. The summed E-state index contributed by atoms with van der Waals surface area (Å²) in [6.45, 7) is 7.72. The van der Waals surface area contributed by atoms with Crippen molar-refractivity contribution in [2.75, 3.05) is 13.7 Å². The normalized spacial score (nSPS) is 14.6. The van der Waals surface area contributed by atoms with Crippen LogP contribution in [0.25, 0.3) is 0 Å². The van der Waals surface area contributed by atoms with Crippen LogP contribution in [0.3, 0.4) is 0 Å². The lowest BCUT2D eigenvalue weighted by Crippen LogP contribution is -2.21. The zero-order chi connectivity index (χ0) is 13.7. The second kappa shape index (κ2) is 6.49. The van der Waals surface area contributed by atoms with Gasteiger partial charge in [0.05, 0.1) is 6.61 Å². The van der Waals surface area contributed by atoms with Crippen LogP contribution in [0.5, 0.6) is 0 Å². The van der Waals surface area contributed by atoms with Crippen LogP contribution < -0.4 is 0 Å². The average Bonchev–Trinajstić information content (AvgIpc) is 2.77. The maximum absolute atomic E-state index is 11.9. The van der Waals surface area contributed by atoms with E-state index in [0.29, 0.717) is 12.4 Å². The molecule has 18 heavy (non-hydrogen) atoms. The van der Waals surface area contributed by atoms with Gasteiger partial charge in [0.15, 0.2) is 5.82 Å². The van der Waals surface area contributed by atoms with Gasteiger partial charge < -0.3 is 14.0 Å². The van der Waals surface area contributed by atoms with Crippen molar-refractivity contribution in [1.82, 2.24) is 10.1 Å². The molecule has 102 valence electrons. The van der Waals surface area contributed by atoms with Crippen molar-refractivity contribution in [3.63, 3.8) is 0 Å². The van der Waals surface area contributed by atoms with E-state index in [4.69, 9.17) is 14.0 Å². The summed E-state index contributed by atoms with van der Waals surface area (Å²) >= 11 is 0. The van der Waals surface area contributed by atoms with Gasteiger partial charge in [-0.2, -0.15) is 4.98 Å². The van der Waals surface area contributed by atoms with Gasteiger partial charge in [0.2, 0.25) is 5.89 Å². The Bertz CT molecular complexity index is 389. The van der Waals surface area contributed by atoms with Crippen molar-refractivity contribution in [1.29, 1.82) is 0 Å². The minimum atomic E-state index is -0.532. The molecule has 0 saturated carbocycles. The molecular weight excluding hydrogens is 236 g/mol. The second-order valence-electron chi connectivity index (χ2n) is 4.34. The standard InChI is InChI=1S/C12H20N2O4/c1-6-17-12(15)9(7(2)3)11-13-10(14-18-11)8(4)16-5/h7-9H,6H2,1-5H3. The summed E-state index contributed by atoms with van der Waals surface area (Å²) in [4.78, 5) is 16.1. The molecule has 6 nitrogen and oxygen atoms in total. The van der Waals surface area contributed by atoms with Crippen LogP contribution >= 0.6 is 0 Å². The van der Waals surface area contributed by atoms with E-state index in [0.717, 1.165) is 0 Å². The van der Waals surface area contributed by atoms with Gasteiger partial charge in [0.1, 0.15) is 12.0 Å². The first-order chi connectivity index (χ1) is 8.51. The summed E-state index contributed by atoms with van der Waals surface area (Å²) in [6.07, 6.45) is -0.266. The molecule has 0 aliphatic rings. The van der Waals surface area contributed by atoms with Crippen LogP contribution in [-0.2, 0) is 14.3 Å². The Balaban J connectivity index is 2.93. The van der Waals surface area contributed by atoms with Crippen molar-refractivity contribution in [3.05, 3.63) is 11.7 Å². The first kappa shape index (κ1) is 14.6. The van der Waals surface area contributed by atoms with Crippen LogP contribution in [0.4, 0.5) is 0 Å². The largest absolute Gasteiger partial charge is 0.465 e. The van der Waals surface area contributed by atoms with E-state index in [1.807, 2.05) is 20.8 Å². The van der Waals surface area contributed by atoms with Gasteiger partial charge in [-0.3, -0.25) is 4.79 Å². The minimum absolute atomic E-state index is 0.0233. The zero-order valence-corrected chi connectivity index (χ0v) is 11.5. The Hall–Kier alpha value is -1.43. The molecule has 1 rings (SSSR count). The molecule has 0 aromatic carbocycles. The summed E-state index contributed by atoms with van der Waals surface area (Å²) in [5.74, 6) is -0.136. The van der Waals surface area contributed by atoms with E-state index in [2.05, 4.69) is 10.1 Å². The third-order valence-corrected chi connectivity index (χ3v) is 2.65. The van der Waals surface area contributed by atoms with Crippen LogP contribution in [0.1, 0.15) is 51.4 Å². The van der Waals surface area contributed by atoms with Gasteiger partial charge in [-0.05, 0) is 19.8 Å². The molecule has 2 atom stereocenters. The molecule has 0 saturated heterocycles. The summed E-state index contributed by atoms with van der Waals surface area (Å²) in [5.41, 5.74) is 0. The highest BCUT2D eigenvalue weighted by Gasteiger charge is 2.31. The number of carbonyl (C=O) groups excluding carboxylic acids is 1. The summed E-state index contributed by atoms with van der Waals surface area (Å²) < 4.78 is 15.3. The summed E-state index contributed by atoms with van der Waals surface area (Å²) in [5, 5.41) is 3.81. The Morgan fingerprint density at radius 3 is 2.56 bits per heavy atom. The highest BCUT2D eigenvalue weighted by atomic mass is 16.5. The predicted octanol–water partition coefficient (Wildman–Crippen LogP) is 2.08. The number of carbonyl (C=O) groups is 1. The van der Waals surface area contributed by atoms with E-state index in [-0.39, 0.29) is 23.9 Å². The molecule has 0 radical (unpaired) electrons. The summed E-state index contributed by atoms with van der Waals surface area (Å²) in [6, 6.07) is 0. The average molecular weight is 256 g/mol. The van der Waals surface area contributed by atoms with Gasteiger partial charge in [-0.15, -0.1) is 0 Å². The molecule has 0 fully saturated rings. The van der Waals surface area contributed by atoms with Crippen molar-refractivity contribution in [3.8, 4) is 0 Å². The van der Waals surface area contributed by atoms with Gasteiger partial charge in [-0.1, -0.05) is 19.0 Å². The lowest BCUT2D eigenvalue weighted by molar-refractivity contribution is -0.146. The first-order valence-electron chi connectivity index (χ1n) is 6.04. The van der Waals surface area contributed by atoms with Crippen molar-refractivity contribution in [2.45, 2.75) is 39.7 Å². The quantitative estimate of drug-likeness (QED) is 0.725. The van der Waals surface area contributed by atoms with Crippen LogP contribution in [-0.4, -0.2) is 29.8 Å². The number of hydrogen-bond donors (Lipinski definition) is 0. The minimum Gasteiger partial charge on any atom is -0.465 e. The molecule has 0 N–H and O–H groups in total. The second-order valence-corrected chi connectivity index (χ2v) is 4.34. The van der Waals surface area contributed by atoms with Crippen molar-refractivity contribution < 1.29 is 18.8 Å². The third kappa shape index (κ3) is 3.29. The van der Waals surface area contributed by atoms with Gasteiger partial charge >= 0.3 is 5.97 Å². The van der Waals surface area contributed by atoms with Crippen LogP contribution in [0.2, 0.25) is 0 Å². The number of ether oxygens (including phenoxy) is 2. The molecule has 6 heteroatoms. The Labute approximate surface area is 107 Å². The summed E-state index contributed by atoms with van der Waals surface area (Å²) in [7, 11) is 1.56. The molecule has 2 unspecified atom stereocenters. The monoisotopic (exact) mass is 256 g/mol. The number of hydrogen-bond acceptors (Lipinski definition) is 6. The fourth-order valence-corrected chi connectivity index (χ4v) is 1.53. The van der Waals surface area contributed by atoms with Crippen LogP contribution in [0.15, 0.2) is 4.52 Å². The molecular formula is C12H20N2O4. The van der Waals surface area contributed by atoms with E-state index < -0.39 is 5.92 Å². The maximum Gasteiger partial charge on any atom is 0.318 e. The molecule has 0 spiro atoms. The maximum atomic E-state index is 11.9. The number of nitrogens with zero attached hydrogens (tertiary/aromatic N) is 2. The van der Waals surface area contributed by atoms with Crippen molar-refractivity contribution >= 4 is 5.97 Å². The topological polar surface area (TPSA) is 74.5 Å². The predicted molar refractivity (Wildman–Crippen MR) is 63.9 cm³/mol. The fourth-order valence-electron chi connectivity index (χ4n) is 1.53. The van der Waals surface area contributed by atoms with E-state index >= 15 is 0 Å². The molecule has 1 heterocycles. The molecule has 0 amide bonds. The fraction of sp³-hybridized carbons (Fsp3) is 0.750. The van der Waals surface area contributed by atoms with E-state index in [1.165, 1.54) is 0 Å². The third-order valence-electron chi connectivity index (χ3n) is 2.65. The van der Waals surface area contributed by atoms with Gasteiger partial charge in [-0.25, -0.2) is 0 Å². The molecule has 0 bridgehead atoms. The zero-order valence-electron chi connectivity index (χ0n) is 11.5. The number of aromatic nitrogens is 2.